The fraction of sp³-hybridized carbons (Fsp3) is 0.423. The van der Waals surface area contributed by atoms with Gasteiger partial charge in [0.1, 0.15) is 0 Å². The van der Waals surface area contributed by atoms with Crippen LogP contribution in [0.3, 0.4) is 0 Å². The number of nitrogens with zero attached hydrogens (tertiary/aromatic N) is 1. The van der Waals surface area contributed by atoms with Crippen LogP contribution in [0.2, 0.25) is 0 Å². The van der Waals surface area contributed by atoms with E-state index in [1.165, 1.54) is 16.3 Å². The maximum Gasteiger partial charge on any atom is 0.223 e. The van der Waals surface area contributed by atoms with Crippen LogP contribution in [-0.2, 0) is 4.79 Å². The smallest absolute Gasteiger partial charge is 0.223 e. The van der Waals surface area contributed by atoms with Crippen molar-refractivity contribution in [2.24, 2.45) is 5.92 Å². The van der Waals surface area contributed by atoms with E-state index in [0.717, 1.165) is 32.5 Å². The van der Waals surface area contributed by atoms with Crippen molar-refractivity contribution in [3.05, 3.63) is 60.2 Å². The Morgan fingerprint density at radius 1 is 1.20 bits per heavy atom. The quantitative estimate of drug-likeness (QED) is 0.544. The van der Waals surface area contributed by atoms with Crippen LogP contribution in [0.4, 0.5) is 0 Å². The molecule has 2 aromatic rings. The zero-order valence-electron chi connectivity index (χ0n) is 18.2. The van der Waals surface area contributed by atoms with Crippen LogP contribution in [0.1, 0.15) is 37.8 Å². The number of carbonyl (C=O) groups excluding carboxylic acids is 1. The number of benzene rings is 2. The van der Waals surface area contributed by atoms with Crippen molar-refractivity contribution < 1.29 is 4.79 Å². The Bertz CT molecular complexity index is 911. The van der Waals surface area contributed by atoms with E-state index in [4.69, 9.17) is 0 Å². The highest BCUT2D eigenvalue weighted by Crippen LogP contribution is 2.23. The van der Waals surface area contributed by atoms with Crippen LogP contribution in [0.15, 0.2) is 54.6 Å². The predicted octanol–water partition coefficient (Wildman–Crippen LogP) is 3.90. The van der Waals surface area contributed by atoms with Gasteiger partial charge in [0.05, 0.1) is 0 Å². The molecule has 0 aromatic heterocycles. The van der Waals surface area contributed by atoms with Gasteiger partial charge >= 0.3 is 0 Å². The zero-order chi connectivity index (χ0) is 21.2. The molecule has 4 heteroatoms. The summed E-state index contributed by atoms with van der Waals surface area (Å²) in [6.45, 7) is 5.61. The molecule has 158 valence electrons. The highest BCUT2D eigenvalue weighted by molar-refractivity contribution is 5.86. The van der Waals surface area contributed by atoms with E-state index < -0.39 is 0 Å². The summed E-state index contributed by atoms with van der Waals surface area (Å²) in [5.41, 5.74) is 1.31. The second-order valence-electron chi connectivity index (χ2n) is 8.04. The third-order valence-corrected chi connectivity index (χ3v) is 5.77. The van der Waals surface area contributed by atoms with Crippen molar-refractivity contribution in [3.63, 3.8) is 0 Å². The first-order valence-electron chi connectivity index (χ1n) is 11.0. The number of amides is 1. The zero-order valence-corrected chi connectivity index (χ0v) is 18.2. The molecule has 4 nitrogen and oxygen atoms in total. The van der Waals surface area contributed by atoms with Gasteiger partial charge in [-0.15, -0.1) is 0 Å². The van der Waals surface area contributed by atoms with Crippen molar-refractivity contribution in [1.82, 2.24) is 15.5 Å². The van der Waals surface area contributed by atoms with Crippen LogP contribution in [0.5, 0.6) is 0 Å². The summed E-state index contributed by atoms with van der Waals surface area (Å²) >= 11 is 0. The number of carbonyl (C=O) groups is 1. The first-order valence-corrected chi connectivity index (χ1v) is 11.0. The minimum Gasteiger partial charge on any atom is -0.355 e. The molecule has 2 N–H and O–H groups in total. The van der Waals surface area contributed by atoms with Crippen LogP contribution < -0.4 is 10.6 Å². The lowest BCUT2D eigenvalue weighted by molar-refractivity contribution is -0.126. The number of likely N-dealkylation sites (tertiary alicyclic amines) is 1. The Morgan fingerprint density at radius 2 is 1.97 bits per heavy atom. The molecule has 1 heterocycles. The standard InChI is InChI=1S/C26H33N3O/c1-21(24-14-10-12-22-11-6-7-13-25(22)24)27-17-8-4-3-5-9-18-28-26(30)23-15-19-29(2)20-16-23/h4,6-8,10-14,21,23,27H,9,15-20H2,1-2H3,(H,28,30)/t21-/m1/s1. The fourth-order valence-electron chi connectivity index (χ4n) is 3.90. The maximum absolute atomic E-state index is 12.1. The average Bonchev–Trinajstić information content (AvgIpc) is 2.77. The van der Waals surface area contributed by atoms with Crippen molar-refractivity contribution in [2.75, 3.05) is 33.2 Å². The molecule has 1 saturated heterocycles. The normalized spacial score (nSPS) is 16.3. The highest BCUT2D eigenvalue weighted by atomic mass is 16.1. The number of hydrogen-bond donors (Lipinski definition) is 2. The lowest BCUT2D eigenvalue weighted by Crippen LogP contribution is -2.39. The first-order chi connectivity index (χ1) is 14.6. The number of nitrogens with one attached hydrogen (secondary N) is 2. The van der Waals surface area contributed by atoms with Gasteiger partial charge in [-0.2, -0.15) is 0 Å². The summed E-state index contributed by atoms with van der Waals surface area (Å²) in [6, 6.07) is 15.2. The van der Waals surface area contributed by atoms with E-state index in [1.807, 2.05) is 12.2 Å². The molecule has 1 fully saturated rings. The van der Waals surface area contributed by atoms with E-state index in [2.05, 4.69) is 83.8 Å². The number of piperidine rings is 1. The van der Waals surface area contributed by atoms with Gasteiger partial charge in [0.25, 0.3) is 0 Å². The minimum atomic E-state index is 0.170. The molecule has 3 rings (SSSR count). The van der Waals surface area contributed by atoms with Gasteiger partial charge in [-0.25, -0.2) is 0 Å². The molecular formula is C26H33N3O. The number of rotatable bonds is 7. The van der Waals surface area contributed by atoms with E-state index in [1.54, 1.807) is 0 Å². The third kappa shape index (κ3) is 6.45. The van der Waals surface area contributed by atoms with Gasteiger partial charge in [0.2, 0.25) is 5.91 Å². The van der Waals surface area contributed by atoms with E-state index in [-0.39, 0.29) is 17.9 Å². The summed E-state index contributed by atoms with van der Waals surface area (Å²) < 4.78 is 0. The second-order valence-corrected chi connectivity index (χ2v) is 8.04. The molecule has 1 aliphatic heterocycles. The third-order valence-electron chi connectivity index (χ3n) is 5.77. The van der Waals surface area contributed by atoms with Gasteiger partial charge in [-0.1, -0.05) is 60.4 Å². The molecule has 0 bridgehead atoms. The van der Waals surface area contributed by atoms with Crippen molar-refractivity contribution in [3.8, 4) is 11.8 Å². The summed E-state index contributed by atoms with van der Waals surface area (Å²) in [4.78, 5) is 14.4. The molecular weight excluding hydrogens is 370 g/mol. The first kappa shape index (κ1) is 22.1. The highest BCUT2D eigenvalue weighted by Gasteiger charge is 2.22. The summed E-state index contributed by atoms with van der Waals surface area (Å²) in [5, 5.41) is 9.12. The molecule has 0 radical (unpaired) electrons. The fourth-order valence-corrected chi connectivity index (χ4v) is 3.90. The molecule has 0 spiro atoms. The molecule has 1 atom stereocenters. The van der Waals surface area contributed by atoms with E-state index in [0.29, 0.717) is 13.0 Å². The Labute approximate surface area is 180 Å². The molecule has 2 aromatic carbocycles. The molecule has 0 saturated carbocycles. The van der Waals surface area contributed by atoms with Crippen molar-refractivity contribution >= 4 is 16.7 Å². The molecule has 1 amide bonds. The Hall–Kier alpha value is -2.61. The lowest BCUT2D eigenvalue weighted by atomic mass is 9.96. The van der Waals surface area contributed by atoms with E-state index >= 15 is 0 Å². The van der Waals surface area contributed by atoms with Crippen LogP contribution in [-0.4, -0.2) is 44.0 Å². The van der Waals surface area contributed by atoms with Crippen molar-refractivity contribution in [1.29, 1.82) is 0 Å². The molecule has 0 unspecified atom stereocenters. The van der Waals surface area contributed by atoms with Gasteiger partial charge in [0, 0.05) is 31.5 Å². The molecule has 0 aliphatic carbocycles. The number of fused-ring (bicyclic) bond motifs is 1. The van der Waals surface area contributed by atoms with Crippen molar-refractivity contribution in [2.45, 2.75) is 32.2 Å². The minimum absolute atomic E-state index is 0.170. The molecule has 30 heavy (non-hydrogen) atoms. The lowest BCUT2D eigenvalue weighted by Gasteiger charge is -2.27. The van der Waals surface area contributed by atoms with E-state index in [9.17, 15) is 4.79 Å². The number of allylic oxidation sites excluding steroid dienone is 1. The van der Waals surface area contributed by atoms with Crippen LogP contribution in [0, 0.1) is 17.8 Å². The van der Waals surface area contributed by atoms with Crippen LogP contribution >= 0.6 is 0 Å². The monoisotopic (exact) mass is 403 g/mol. The van der Waals surface area contributed by atoms with Gasteiger partial charge in [0.15, 0.2) is 0 Å². The largest absolute Gasteiger partial charge is 0.355 e. The maximum atomic E-state index is 12.1. The van der Waals surface area contributed by atoms with Gasteiger partial charge in [-0.05, 0) is 62.3 Å². The summed E-state index contributed by atoms with van der Waals surface area (Å²) in [7, 11) is 2.11. The Balaban J connectivity index is 1.34. The summed E-state index contributed by atoms with van der Waals surface area (Å²) in [5.74, 6) is 6.52. The average molecular weight is 404 g/mol. The predicted molar refractivity (Wildman–Crippen MR) is 125 cm³/mol. The summed E-state index contributed by atoms with van der Waals surface area (Å²) in [6.07, 6.45) is 6.54. The second kappa shape index (κ2) is 11.5. The number of hydrogen-bond acceptors (Lipinski definition) is 3. The van der Waals surface area contributed by atoms with Gasteiger partial charge < -0.3 is 15.5 Å². The Kier molecular flexibility index (Phi) is 8.50. The van der Waals surface area contributed by atoms with Crippen LogP contribution in [0.25, 0.3) is 10.8 Å². The Morgan fingerprint density at radius 3 is 2.80 bits per heavy atom. The van der Waals surface area contributed by atoms with Gasteiger partial charge in [-0.3, -0.25) is 4.79 Å². The topological polar surface area (TPSA) is 44.4 Å². The molecule has 1 aliphatic rings. The SMILES string of the molecule is C[C@@H](NCC=CC#CCCNC(=O)C1CCN(C)CC1)c1cccc2ccccc12.